The van der Waals surface area contributed by atoms with Gasteiger partial charge in [0.2, 0.25) is 0 Å². The van der Waals surface area contributed by atoms with Gasteiger partial charge in [-0.3, -0.25) is 0 Å². The van der Waals surface area contributed by atoms with Crippen LogP contribution in [0.3, 0.4) is 0 Å². The summed E-state index contributed by atoms with van der Waals surface area (Å²) in [6.07, 6.45) is -4.47. The van der Waals surface area contributed by atoms with E-state index in [0.717, 1.165) is 10.5 Å². The van der Waals surface area contributed by atoms with Crippen LogP contribution in [0.5, 0.6) is 11.5 Å². The molecule has 6 heteroatoms. The molecule has 0 amide bonds. The summed E-state index contributed by atoms with van der Waals surface area (Å²) in [4.78, 5) is 0. The molecule has 0 aliphatic heterocycles. The summed E-state index contributed by atoms with van der Waals surface area (Å²) >= 11 is 9.05. The lowest BCUT2D eigenvalue weighted by molar-refractivity contribution is -0.138. The third-order valence-electron chi connectivity index (χ3n) is 2.58. The van der Waals surface area contributed by atoms with Crippen LogP contribution in [-0.4, -0.2) is 0 Å². The Labute approximate surface area is 127 Å². The fraction of sp³-hybridized carbons (Fsp3) is 0.143. The van der Waals surface area contributed by atoms with Crippen molar-refractivity contribution in [3.05, 3.63) is 58.1 Å². The fourth-order valence-electron chi connectivity index (χ4n) is 1.66. The Bertz CT molecular complexity index is 614. The second-order valence-electron chi connectivity index (χ2n) is 3.98. The highest BCUT2D eigenvalue weighted by molar-refractivity contribution is 9.10. The number of hydrogen-bond donors (Lipinski definition) is 0. The molecule has 20 heavy (non-hydrogen) atoms. The third-order valence-corrected chi connectivity index (χ3v) is 3.36. The van der Waals surface area contributed by atoms with Crippen LogP contribution in [0, 0.1) is 0 Å². The Morgan fingerprint density at radius 1 is 1.05 bits per heavy atom. The van der Waals surface area contributed by atoms with E-state index in [9.17, 15) is 13.2 Å². The Morgan fingerprint density at radius 2 is 1.75 bits per heavy atom. The van der Waals surface area contributed by atoms with Crippen LogP contribution in [-0.2, 0) is 12.1 Å². The summed E-state index contributed by atoms with van der Waals surface area (Å²) in [6, 6.07) is 10.0. The first kappa shape index (κ1) is 15.2. The predicted octanol–water partition coefficient (Wildman–Crippen LogP) is 6.00. The van der Waals surface area contributed by atoms with Gasteiger partial charge >= 0.3 is 6.18 Å². The van der Waals surface area contributed by atoms with Crippen molar-refractivity contribution < 1.29 is 17.9 Å². The monoisotopic (exact) mass is 364 g/mol. The minimum atomic E-state index is -4.47. The van der Waals surface area contributed by atoms with Crippen LogP contribution in [0.1, 0.15) is 11.1 Å². The second-order valence-corrected chi connectivity index (χ2v) is 5.16. The molecule has 0 N–H and O–H groups in total. The first-order valence-corrected chi connectivity index (χ1v) is 6.93. The van der Waals surface area contributed by atoms with Gasteiger partial charge in [0, 0.05) is 10.0 Å². The normalized spacial score (nSPS) is 11.4. The molecule has 2 aromatic rings. The fourth-order valence-corrected chi connectivity index (χ4v) is 2.28. The molecule has 0 aromatic heterocycles. The van der Waals surface area contributed by atoms with Gasteiger partial charge in [-0.05, 0) is 30.3 Å². The zero-order valence-corrected chi connectivity index (χ0v) is 12.4. The summed E-state index contributed by atoms with van der Waals surface area (Å²) in [6.45, 7) is 0. The minimum absolute atomic E-state index is 0.142. The van der Waals surface area contributed by atoms with Crippen molar-refractivity contribution in [1.29, 1.82) is 0 Å². The molecule has 0 spiro atoms. The van der Waals surface area contributed by atoms with E-state index in [0.29, 0.717) is 11.3 Å². The summed E-state index contributed by atoms with van der Waals surface area (Å²) in [5, 5.41) is 0. The first-order chi connectivity index (χ1) is 9.41. The third kappa shape index (κ3) is 3.46. The molecule has 0 atom stereocenters. The van der Waals surface area contributed by atoms with E-state index in [-0.39, 0.29) is 11.6 Å². The molecule has 1 nitrogen and oxygen atoms in total. The zero-order valence-electron chi connectivity index (χ0n) is 10.0. The van der Waals surface area contributed by atoms with Gasteiger partial charge in [-0.15, -0.1) is 11.6 Å². The van der Waals surface area contributed by atoms with E-state index in [1.54, 1.807) is 18.2 Å². The van der Waals surface area contributed by atoms with Gasteiger partial charge in [0.15, 0.2) is 0 Å². The van der Waals surface area contributed by atoms with Crippen molar-refractivity contribution in [2.45, 2.75) is 12.1 Å². The second kappa shape index (κ2) is 6.06. The maximum Gasteiger partial charge on any atom is 0.419 e. The highest BCUT2D eigenvalue weighted by Crippen LogP contribution is 2.39. The molecule has 0 heterocycles. The Morgan fingerprint density at radius 3 is 2.40 bits per heavy atom. The standard InChI is InChI=1S/C14H9BrClF3O/c15-10-5-6-12(9(7-10)8-16)20-13-4-2-1-3-11(13)14(17,18)19/h1-7H,8H2. The van der Waals surface area contributed by atoms with E-state index in [4.69, 9.17) is 16.3 Å². The molecule has 106 valence electrons. The van der Waals surface area contributed by atoms with Crippen LogP contribution in [0.2, 0.25) is 0 Å². The van der Waals surface area contributed by atoms with Crippen molar-refractivity contribution in [2.24, 2.45) is 0 Å². The SMILES string of the molecule is FC(F)(F)c1ccccc1Oc1ccc(Br)cc1CCl. The molecule has 0 aliphatic rings. The van der Waals surface area contributed by atoms with Gasteiger partial charge in [-0.1, -0.05) is 28.1 Å². The Kier molecular flexibility index (Phi) is 4.60. The van der Waals surface area contributed by atoms with Gasteiger partial charge < -0.3 is 4.74 Å². The highest BCUT2D eigenvalue weighted by Gasteiger charge is 2.34. The lowest BCUT2D eigenvalue weighted by Gasteiger charge is -2.15. The smallest absolute Gasteiger partial charge is 0.419 e. The van der Waals surface area contributed by atoms with Gasteiger partial charge in [0.1, 0.15) is 11.5 Å². The van der Waals surface area contributed by atoms with Crippen LogP contribution >= 0.6 is 27.5 Å². The molecular weight excluding hydrogens is 357 g/mol. The van der Waals surface area contributed by atoms with Gasteiger partial charge in [0.25, 0.3) is 0 Å². The zero-order chi connectivity index (χ0) is 14.8. The lowest BCUT2D eigenvalue weighted by atomic mass is 10.2. The average molecular weight is 366 g/mol. The van der Waals surface area contributed by atoms with Crippen molar-refractivity contribution in [1.82, 2.24) is 0 Å². The number of ether oxygens (including phenoxy) is 1. The van der Waals surface area contributed by atoms with E-state index in [1.165, 1.54) is 18.2 Å². The quantitative estimate of drug-likeness (QED) is 0.606. The number of hydrogen-bond acceptors (Lipinski definition) is 1. The molecular formula is C14H9BrClF3O. The Balaban J connectivity index is 2.41. The predicted molar refractivity (Wildman–Crippen MR) is 75.2 cm³/mol. The topological polar surface area (TPSA) is 9.23 Å². The first-order valence-electron chi connectivity index (χ1n) is 5.60. The van der Waals surface area contributed by atoms with E-state index in [2.05, 4.69) is 15.9 Å². The number of halogens is 5. The molecule has 0 unspecified atom stereocenters. The molecule has 0 bridgehead atoms. The van der Waals surface area contributed by atoms with Crippen LogP contribution in [0.4, 0.5) is 13.2 Å². The van der Waals surface area contributed by atoms with E-state index >= 15 is 0 Å². The van der Waals surface area contributed by atoms with E-state index < -0.39 is 11.7 Å². The number of alkyl halides is 4. The van der Waals surface area contributed by atoms with Crippen molar-refractivity contribution >= 4 is 27.5 Å². The van der Waals surface area contributed by atoms with E-state index in [1.807, 2.05) is 0 Å². The maximum atomic E-state index is 12.9. The van der Waals surface area contributed by atoms with Gasteiger partial charge in [0.05, 0.1) is 11.4 Å². The minimum Gasteiger partial charge on any atom is -0.456 e. The summed E-state index contributed by atoms with van der Waals surface area (Å²) < 4.78 is 44.8. The van der Waals surface area contributed by atoms with Gasteiger partial charge in [-0.25, -0.2) is 0 Å². The molecule has 2 rings (SSSR count). The van der Waals surface area contributed by atoms with Gasteiger partial charge in [-0.2, -0.15) is 13.2 Å². The molecule has 0 aliphatic carbocycles. The van der Waals surface area contributed by atoms with Crippen molar-refractivity contribution in [3.63, 3.8) is 0 Å². The summed E-state index contributed by atoms with van der Waals surface area (Å²) in [7, 11) is 0. The summed E-state index contributed by atoms with van der Waals surface area (Å²) in [5.41, 5.74) is -0.207. The molecule has 0 radical (unpaired) electrons. The number of para-hydroxylation sites is 1. The molecule has 0 saturated heterocycles. The molecule has 0 saturated carbocycles. The highest BCUT2D eigenvalue weighted by atomic mass is 79.9. The average Bonchev–Trinajstić information content (AvgIpc) is 2.40. The molecule has 2 aromatic carbocycles. The number of rotatable bonds is 3. The number of benzene rings is 2. The van der Waals surface area contributed by atoms with Crippen LogP contribution < -0.4 is 4.74 Å². The van der Waals surface area contributed by atoms with Crippen molar-refractivity contribution in [3.8, 4) is 11.5 Å². The van der Waals surface area contributed by atoms with Crippen LogP contribution in [0.25, 0.3) is 0 Å². The summed E-state index contributed by atoms with van der Waals surface area (Å²) in [5.74, 6) is 0.205. The van der Waals surface area contributed by atoms with Crippen molar-refractivity contribution in [2.75, 3.05) is 0 Å². The molecule has 0 fully saturated rings. The van der Waals surface area contributed by atoms with Crippen LogP contribution in [0.15, 0.2) is 46.9 Å². The lowest BCUT2D eigenvalue weighted by Crippen LogP contribution is -2.07. The Hall–Kier alpha value is -1.20. The largest absolute Gasteiger partial charge is 0.456 e. The maximum absolute atomic E-state index is 12.9.